The van der Waals surface area contributed by atoms with Gasteiger partial charge < -0.3 is 19.8 Å². The molecule has 0 aromatic heterocycles. The molecule has 0 aromatic carbocycles. The molecule has 0 fully saturated rings. The van der Waals surface area contributed by atoms with Gasteiger partial charge >= 0.3 is 7.82 Å². The number of nitrogens with one attached hydrogen (secondary N) is 1. The van der Waals surface area contributed by atoms with Gasteiger partial charge in [-0.3, -0.25) is 13.8 Å². The molecule has 9 heteroatoms. The number of hydrogen-bond acceptors (Lipinski definition) is 5. The second-order valence-electron chi connectivity index (χ2n) is 23.1. The number of quaternary nitrogens is 1. The van der Waals surface area contributed by atoms with Gasteiger partial charge in [0.2, 0.25) is 5.91 Å². The van der Waals surface area contributed by atoms with Gasteiger partial charge in [-0.1, -0.05) is 295 Å². The van der Waals surface area contributed by atoms with Crippen LogP contribution in [0.5, 0.6) is 0 Å². The van der Waals surface area contributed by atoms with E-state index in [9.17, 15) is 19.4 Å². The topological polar surface area (TPSA) is 105 Å². The van der Waals surface area contributed by atoms with Crippen molar-refractivity contribution in [1.82, 2.24) is 5.32 Å². The molecule has 0 bridgehead atoms. The minimum absolute atomic E-state index is 0.0770. The number of carbonyl (C=O) groups excluding carboxylic acids is 1. The summed E-state index contributed by atoms with van der Waals surface area (Å²) >= 11 is 0. The van der Waals surface area contributed by atoms with Gasteiger partial charge in [-0.15, -0.1) is 0 Å². The van der Waals surface area contributed by atoms with E-state index in [-0.39, 0.29) is 19.1 Å². The van der Waals surface area contributed by atoms with Gasteiger partial charge in [0.25, 0.3) is 0 Å². The Bertz CT molecular complexity index is 1220. The van der Waals surface area contributed by atoms with Gasteiger partial charge in [-0.05, 0) is 44.9 Å². The number of nitrogens with zero attached hydrogens (tertiary/aromatic N) is 1. The van der Waals surface area contributed by atoms with Gasteiger partial charge in [0.1, 0.15) is 13.2 Å². The van der Waals surface area contributed by atoms with Crippen molar-refractivity contribution < 1.29 is 32.9 Å². The summed E-state index contributed by atoms with van der Waals surface area (Å²) in [6, 6.07) is -0.759. The fourth-order valence-corrected chi connectivity index (χ4v) is 10.5. The molecule has 3 atom stereocenters. The maximum atomic E-state index is 13.0. The summed E-state index contributed by atoms with van der Waals surface area (Å²) in [6.07, 6.45) is 69.7. The molecule has 0 radical (unpaired) electrons. The molecule has 3 unspecified atom stereocenters. The number of hydrogen-bond donors (Lipinski definition) is 3. The van der Waals surface area contributed by atoms with E-state index in [2.05, 4.69) is 43.5 Å². The highest BCUT2D eigenvalue weighted by Crippen LogP contribution is 2.43. The predicted molar refractivity (Wildman–Crippen MR) is 314 cm³/mol. The third-order valence-corrected chi connectivity index (χ3v) is 15.7. The number of rotatable bonds is 59. The molecule has 0 aromatic rings. The first-order chi connectivity index (χ1) is 35.0. The van der Waals surface area contributed by atoms with Crippen LogP contribution in [0.4, 0.5) is 0 Å². The van der Waals surface area contributed by atoms with Crippen LogP contribution < -0.4 is 5.32 Å². The van der Waals surface area contributed by atoms with Crippen LogP contribution in [0.15, 0.2) is 24.3 Å². The van der Waals surface area contributed by atoms with E-state index in [0.717, 1.165) is 44.9 Å². The number of phosphoric ester groups is 1. The van der Waals surface area contributed by atoms with E-state index < -0.39 is 20.0 Å². The Morgan fingerprint density at radius 2 is 0.792 bits per heavy atom. The van der Waals surface area contributed by atoms with Gasteiger partial charge in [0.15, 0.2) is 0 Å². The molecule has 428 valence electrons. The first-order valence-electron chi connectivity index (χ1n) is 31.7. The van der Waals surface area contributed by atoms with Gasteiger partial charge in [0.05, 0.1) is 39.9 Å². The monoisotopic (exact) mass is 1040 g/mol. The number of aliphatic hydroxyl groups excluding tert-OH is 1. The lowest BCUT2D eigenvalue weighted by molar-refractivity contribution is -0.870. The maximum Gasteiger partial charge on any atom is 0.472 e. The molecule has 0 heterocycles. The highest BCUT2D eigenvalue weighted by atomic mass is 31.2. The van der Waals surface area contributed by atoms with E-state index in [0.29, 0.717) is 23.9 Å². The van der Waals surface area contributed by atoms with E-state index >= 15 is 0 Å². The van der Waals surface area contributed by atoms with Crippen molar-refractivity contribution in [1.29, 1.82) is 0 Å². The van der Waals surface area contributed by atoms with Crippen molar-refractivity contribution in [2.24, 2.45) is 0 Å². The number of phosphoric acid groups is 1. The van der Waals surface area contributed by atoms with Crippen LogP contribution >= 0.6 is 7.82 Å². The molecule has 1 amide bonds. The fraction of sp³-hybridized carbons (Fsp3) is 0.921. The quantitative estimate of drug-likeness (QED) is 0.0243. The van der Waals surface area contributed by atoms with E-state index in [1.165, 1.54) is 250 Å². The van der Waals surface area contributed by atoms with Crippen LogP contribution in [0.1, 0.15) is 322 Å². The summed E-state index contributed by atoms with van der Waals surface area (Å²) in [6.45, 7) is 4.93. The molecule has 0 saturated carbocycles. The zero-order valence-corrected chi connectivity index (χ0v) is 49.8. The van der Waals surface area contributed by atoms with Crippen molar-refractivity contribution in [3.63, 3.8) is 0 Å². The van der Waals surface area contributed by atoms with E-state index in [4.69, 9.17) is 9.05 Å². The predicted octanol–water partition coefficient (Wildman–Crippen LogP) is 19.5. The van der Waals surface area contributed by atoms with Gasteiger partial charge in [-0.25, -0.2) is 4.57 Å². The van der Waals surface area contributed by atoms with Gasteiger partial charge in [-0.2, -0.15) is 0 Å². The summed E-state index contributed by atoms with van der Waals surface area (Å²) in [5.41, 5.74) is 0. The molecule has 0 aliphatic heterocycles. The van der Waals surface area contributed by atoms with Crippen molar-refractivity contribution in [2.75, 3.05) is 40.9 Å². The van der Waals surface area contributed by atoms with Crippen LogP contribution in [-0.2, 0) is 18.4 Å². The average molecular weight is 1040 g/mol. The molecule has 0 saturated heterocycles. The number of amides is 1. The number of unbranched alkanes of at least 4 members (excludes halogenated alkanes) is 42. The zero-order chi connectivity index (χ0) is 52.7. The molecule has 0 rings (SSSR count). The van der Waals surface area contributed by atoms with Crippen molar-refractivity contribution in [3.05, 3.63) is 24.3 Å². The Kier molecular flexibility index (Phi) is 54.0. The lowest BCUT2D eigenvalue weighted by atomic mass is 10.0. The van der Waals surface area contributed by atoms with Crippen LogP contribution in [0.3, 0.4) is 0 Å². The Hall–Kier alpha value is -1.02. The number of likely N-dealkylation sites (N-methyl/N-ethyl adjacent to an activating group) is 1. The van der Waals surface area contributed by atoms with Crippen LogP contribution in [0.2, 0.25) is 0 Å². The average Bonchev–Trinajstić information content (AvgIpc) is 3.34. The minimum Gasteiger partial charge on any atom is -0.391 e. The first-order valence-corrected chi connectivity index (χ1v) is 33.2. The standard InChI is InChI=1S/C63H125N2O6P/c1-6-8-10-12-14-16-18-20-22-24-25-26-27-28-29-30-31-32-33-34-35-36-37-38-39-41-43-45-47-49-51-53-55-57-63(67)64-61(60-71-72(68,69)70-59-58-65(3,4)5)62(66)56-54-52-50-48-46-44-42-40-23-21-19-17-15-13-11-9-7-2/h25-26,28-29,61-62,66H,6-24,27,30-60H2,1-5H3,(H-,64,67,68,69)/p+1/b26-25-,29-28-. The third-order valence-electron chi connectivity index (χ3n) is 14.7. The molecule has 72 heavy (non-hydrogen) atoms. The molecule has 8 nitrogen and oxygen atoms in total. The largest absolute Gasteiger partial charge is 0.472 e. The summed E-state index contributed by atoms with van der Waals surface area (Å²) in [7, 11) is 1.63. The normalized spacial score (nSPS) is 13.9. The second-order valence-corrected chi connectivity index (χ2v) is 24.6. The summed E-state index contributed by atoms with van der Waals surface area (Å²) < 4.78 is 23.8. The molecular weight excluding hydrogens is 912 g/mol. The number of allylic oxidation sites excluding steroid dienone is 4. The molecule has 0 aliphatic rings. The van der Waals surface area contributed by atoms with E-state index in [1.54, 1.807) is 0 Å². The lowest BCUT2D eigenvalue weighted by Crippen LogP contribution is -2.46. The first kappa shape index (κ1) is 71.0. The van der Waals surface area contributed by atoms with Gasteiger partial charge in [0, 0.05) is 6.42 Å². The Labute approximate surface area is 449 Å². The van der Waals surface area contributed by atoms with Crippen LogP contribution in [0, 0.1) is 0 Å². The molecule has 0 spiro atoms. The second kappa shape index (κ2) is 54.8. The SMILES string of the molecule is CCCCCCCCCCC/C=C\C/C=C\CCCCCCCCCCCCCCCCCCCC(=O)NC(COP(=O)(O)OCC[N+](C)(C)C)C(O)CCCCCCCCCCCCCCCCCCC. The Balaban J connectivity index is 4.00. The summed E-state index contributed by atoms with van der Waals surface area (Å²) in [5.74, 6) is -0.139. The number of aliphatic hydroxyl groups is 1. The highest BCUT2D eigenvalue weighted by molar-refractivity contribution is 7.47. The molecule has 0 aliphatic carbocycles. The third kappa shape index (κ3) is 56.7. The fourth-order valence-electron chi connectivity index (χ4n) is 9.73. The van der Waals surface area contributed by atoms with Crippen LogP contribution in [-0.4, -0.2) is 73.4 Å². The number of carbonyl (C=O) groups is 1. The summed E-state index contributed by atoms with van der Waals surface area (Å²) in [4.78, 5) is 23.4. The zero-order valence-electron chi connectivity index (χ0n) is 48.9. The van der Waals surface area contributed by atoms with Crippen molar-refractivity contribution >= 4 is 13.7 Å². The smallest absolute Gasteiger partial charge is 0.391 e. The van der Waals surface area contributed by atoms with E-state index in [1.807, 2.05) is 21.1 Å². The minimum atomic E-state index is -4.32. The lowest BCUT2D eigenvalue weighted by Gasteiger charge is -2.26. The summed E-state index contributed by atoms with van der Waals surface area (Å²) in [5, 5.41) is 14.1. The Morgan fingerprint density at radius 3 is 1.14 bits per heavy atom. The maximum absolute atomic E-state index is 13.0. The highest BCUT2D eigenvalue weighted by Gasteiger charge is 2.28. The van der Waals surface area contributed by atoms with Crippen molar-refractivity contribution in [2.45, 2.75) is 334 Å². The molecule has 3 N–H and O–H groups in total. The van der Waals surface area contributed by atoms with Crippen molar-refractivity contribution in [3.8, 4) is 0 Å². The Morgan fingerprint density at radius 1 is 0.472 bits per heavy atom. The molecular formula is C63H126N2O6P+. The van der Waals surface area contributed by atoms with Crippen LogP contribution in [0.25, 0.3) is 0 Å².